The van der Waals surface area contributed by atoms with E-state index in [9.17, 15) is 15.3 Å². The fraction of sp³-hybridized carbons (Fsp3) is 0.316. The molecule has 2 aromatic carbocycles. The Kier molecular flexibility index (Phi) is 6.08. The number of methoxy groups -OCH3 is 1. The average molecular weight is 339 g/mol. The van der Waals surface area contributed by atoms with Gasteiger partial charge >= 0.3 is 7.12 Å². The molecule has 0 heterocycles. The summed E-state index contributed by atoms with van der Waals surface area (Å²) in [6.07, 6.45) is 0.756. The molecule has 0 aromatic heterocycles. The minimum atomic E-state index is -1.61. The molecule has 0 saturated heterocycles. The van der Waals surface area contributed by atoms with Crippen LogP contribution in [0.4, 0.5) is 0 Å². The van der Waals surface area contributed by atoms with E-state index in [1.165, 1.54) is 12.1 Å². The van der Waals surface area contributed by atoms with Crippen LogP contribution in [0.5, 0.6) is 11.5 Å². The summed E-state index contributed by atoms with van der Waals surface area (Å²) in [7, 11) is 0.0432. The van der Waals surface area contributed by atoms with Crippen LogP contribution in [0.3, 0.4) is 0 Å². The highest BCUT2D eigenvalue weighted by Gasteiger charge is 2.22. The molecule has 2 N–H and O–H groups in total. The Morgan fingerprint density at radius 3 is 2.48 bits per heavy atom. The molecular weight excluding hydrogens is 317 g/mol. The lowest BCUT2D eigenvalue weighted by Gasteiger charge is -2.26. The van der Waals surface area contributed by atoms with Crippen molar-refractivity contribution in [2.45, 2.75) is 20.3 Å². The molecule has 0 unspecified atom stereocenters. The van der Waals surface area contributed by atoms with Crippen molar-refractivity contribution < 1.29 is 19.5 Å². The molecular formula is C19H22BNO4. The molecule has 0 radical (unpaired) electrons. The number of para-hydroxylation sites is 1. The Morgan fingerprint density at radius 1 is 1.12 bits per heavy atom. The summed E-state index contributed by atoms with van der Waals surface area (Å²) in [4.78, 5) is 0. The molecule has 25 heavy (non-hydrogen) atoms. The fourth-order valence-corrected chi connectivity index (χ4v) is 2.61. The van der Waals surface area contributed by atoms with Gasteiger partial charge in [-0.05, 0) is 35.6 Å². The van der Waals surface area contributed by atoms with E-state index in [-0.39, 0.29) is 16.4 Å². The number of nitriles is 1. The Morgan fingerprint density at radius 2 is 1.84 bits per heavy atom. The van der Waals surface area contributed by atoms with Gasteiger partial charge in [0.25, 0.3) is 0 Å². The Balaban J connectivity index is 2.10. The second-order valence-electron chi connectivity index (χ2n) is 6.68. The molecule has 130 valence electrons. The summed E-state index contributed by atoms with van der Waals surface area (Å²) in [6.45, 7) is 4.56. The predicted octanol–water partition coefficient (Wildman–Crippen LogP) is 1.89. The first-order chi connectivity index (χ1) is 11.9. The molecule has 0 fully saturated rings. The number of rotatable bonds is 7. The zero-order chi connectivity index (χ0) is 18.4. The van der Waals surface area contributed by atoms with Crippen LogP contribution < -0.4 is 14.9 Å². The van der Waals surface area contributed by atoms with Gasteiger partial charge in [-0.1, -0.05) is 38.1 Å². The van der Waals surface area contributed by atoms with Gasteiger partial charge in [0, 0.05) is 5.41 Å². The van der Waals surface area contributed by atoms with Crippen molar-refractivity contribution in [3.63, 3.8) is 0 Å². The second kappa shape index (κ2) is 8.06. The largest absolute Gasteiger partial charge is 0.496 e. The van der Waals surface area contributed by atoms with E-state index in [4.69, 9.17) is 9.47 Å². The van der Waals surface area contributed by atoms with Crippen LogP contribution in [-0.2, 0) is 6.42 Å². The van der Waals surface area contributed by atoms with Crippen LogP contribution in [0.2, 0.25) is 0 Å². The minimum absolute atomic E-state index is 0.184. The van der Waals surface area contributed by atoms with Crippen LogP contribution in [-0.4, -0.2) is 30.9 Å². The van der Waals surface area contributed by atoms with Crippen molar-refractivity contribution in [1.82, 2.24) is 0 Å². The molecule has 2 rings (SSSR count). The molecule has 0 aliphatic heterocycles. The van der Waals surface area contributed by atoms with Crippen molar-refractivity contribution in [1.29, 1.82) is 5.26 Å². The quantitative estimate of drug-likeness (QED) is 0.753. The van der Waals surface area contributed by atoms with Crippen LogP contribution in [0, 0.1) is 16.7 Å². The van der Waals surface area contributed by atoms with Crippen LogP contribution >= 0.6 is 0 Å². The Bertz CT molecular complexity index is 768. The first-order valence-electron chi connectivity index (χ1n) is 8.01. The number of hydrogen-bond donors (Lipinski definition) is 2. The minimum Gasteiger partial charge on any atom is -0.496 e. The van der Waals surface area contributed by atoms with E-state index in [2.05, 4.69) is 13.8 Å². The maximum absolute atomic E-state index is 9.25. The van der Waals surface area contributed by atoms with Crippen molar-refractivity contribution in [3.8, 4) is 17.6 Å². The highest BCUT2D eigenvalue weighted by Crippen LogP contribution is 2.29. The molecule has 0 aliphatic rings. The second-order valence-corrected chi connectivity index (χ2v) is 6.68. The van der Waals surface area contributed by atoms with Crippen molar-refractivity contribution in [3.05, 3.63) is 53.6 Å². The topological polar surface area (TPSA) is 82.7 Å². The van der Waals surface area contributed by atoms with Gasteiger partial charge in [-0.15, -0.1) is 0 Å². The molecule has 0 aliphatic carbocycles. The van der Waals surface area contributed by atoms with Gasteiger partial charge in [-0.25, -0.2) is 0 Å². The van der Waals surface area contributed by atoms with Crippen molar-refractivity contribution in [2.75, 3.05) is 13.7 Å². The lowest BCUT2D eigenvalue weighted by atomic mass is 9.79. The molecule has 0 atom stereocenters. The Hall–Kier alpha value is -2.49. The first kappa shape index (κ1) is 18.8. The SMILES string of the molecule is COc1ccccc1CC(C)(C)COc1ccc(B(O)O)cc1C#N. The van der Waals surface area contributed by atoms with Gasteiger partial charge in [-0.3, -0.25) is 0 Å². The zero-order valence-corrected chi connectivity index (χ0v) is 14.7. The Labute approximate surface area is 148 Å². The van der Waals surface area contributed by atoms with Gasteiger partial charge in [0.05, 0.1) is 19.3 Å². The average Bonchev–Trinajstić information content (AvgIpc) is 2.60. The normalized spacial score (nSPS) is 10.9. The fourth-order valence-electron chi connectivity index (χ4n) is 2.61. The summed E-state index contributed by atoms with van der Waals surface area (Å²) in [6, 6.07) is 14.4. The standard InChI is InChI=1S/C19H22BNO4/c1-19(2,11-14-6-4-5-7-17(14)24-3)13-25-18-9-8-16(20(22)23)10-15(18)12-21/h4-10,22-23H,11,13H2,1-3H3. The summed E-state index contributed by atoms with van der Waals surface area (Å²) < 4.78 is 11.2. The van der Waals surface area contributed by atoms with Crippen LogP contribution in [0.15, 0.2) is 42.5 Å². The summed E-state index contributed by atoms with van der Waals surface area (Å²) >= 11 is 0. The van der Waals surface area contributed by atoms with Crippen molar-refractivity contribution in [2.24, 2.45) is 5.41 Å². The van der Waals surface area contributed by atoms with E-state index in [1.54, 1.807) is 13.2 Å². The van der Waals surface area contributed by atoms with Crippen LogP contribution in [0.1, 0.15) is 25.0 Å². The van der Waals surface area contributed by atoms with Crippen molar-refractivity contribution >= 4 is 12.6 Å². The molecule has 0 bridgehead atoms. The molecule has 2 aromatic rings. The highest BCUT2D eigenvalue weighted by molar-refractivity contribution is 6.58. The number of benzene rings is 2. The maximum Gasteiger partial charge on any atom is 0.488 e. The predicted molar refractivity (Wildman–Crippen MR) is 97.0 cm³/mol. The van der Waals surface area contributed by atoms with Gasteiger partial charge in [0.15, 0.2) is 0 Å². The van der Waals surface area contributed by atoms with E-state index >= 15 is 0 Å². The van der Waals surface area contributed by atoms with Gasteiger partial charge in [0.1, 0.15) is 17.6 Å². The third kappa shape index (κ3) is 4.99. The lowest BCUT2D eigenvalue weighted by Crippen LogP contribution is -2.30. The third-order valence-electron chi connectivity index (χ3n) is 3.90. The number of nitrogens with zero attached hydrogens (tertiary/aromatic N) is 1. The molecule has 5 nitrogen and oxygen atoms in total. The summed E-state index contributed by atoms with van der Waals surface area (Å²) in [5, 5.41) is 27.6. The molecule has 0 saturated carbocycles. The van der Waals surface area contributed by atoms with Crippen LogP contribution in [0.25, 0.3) is 0 Å². The monoisotopic (exact) mass is 339 g/mol. The first-order valence-corrected chi connectivity index (χ1v) is 8.01. The van der Waals surface area contributed by atoms with Gasteiger partial charge < -0.3 is 19.5 Å². The molecule has 6 heteroatoms. The smallest absolute Gasteiger partial charge is 0.488 e. The summed E-state index contributed by atoms with van der Waals surface area (Å²) in [5.41, 5.74) is 1.45. The summed E-state index contributed by atoms with van der Waals surface area (Å²) in [5.74, 6) is 1.27. The lowest BCUT2D eigenvalue weighted by molar-refractivity contribution is 0.178. The van der Waals surface area contributed by atoms with E-state index < -0.39 is 7.12 Å². The van der Waals surface area contributed by atoms with Gasteiger partial charge in [0.2, 0.25) is 0 Å². The van der Waals surface area contributed by atoms with E-state index in [0.29, 0.717) is 12.4 Å². The number of ether oxygens (including phenoxy) is 2. The van der Waals surface area contributed by atoms with E-state index in [0.717, 1.165) is 17.7 Å². The molecule has 0 amide bonds. The number of hydrogen-bond acceptors (Lipinski definition) is 5. The zero-order valence-electron chi connectivity index (χ0n) is 14.7. The maximum atomic E-state index is 9.25. The van der Waals surface area contributed by atoms with Gasteiger partial charge in [-0.2, -0.15) is 5.26 Å². The molecule has 0 spiro atoms. The third-order valence-corrected chi connectivity index (χ3v) is 3.90. The van der Waals surface area contributed by atoms with E-state index in [1.807, 2.05) is 30.3 Å². The highest BCUT2D eigenvalue weighted by atomic mass is 16.5.